The minimum atomic E-state index is -3.76. The Morgan fingerprint density at radius 2 is 1.23 bits per heavy atom. The third-order valence-corrected chi connectivity index (χ3v) is 5.37. The molecule has 0 atom stereocenters. The topological polar surface area (TPSA) is 103 Å². The number of sulfonamides is 1. The van der Waals surface area contributed by atoms with E-state index < -0.39 is 15.9 Å². The molecule has 26 heavy (non-hydrogen) atoms. The van der Waals surface area contributed by atoms with Crippen LogP contribution in [0, 0.1) is 0 Å². The van der Waals surface area contributed by atoms with E-state index in [-0.39, 0.29) is 4.90 Å². The van der Waals surface area contributed by atoms with Crippen molar-refractivity contribution >= 4 is 31.9 Å². The zero-order valence-corrected chi connectivity index (χ0v) is 15.9. The van der Waals surface area contributed by atoms with Crippen LogP contribution in [0.2, 0.25) is 0 Å². The van der Waals surface area contributed by atoms with Gasteiger partial charge in [-0.1, -0.05) is 40.2 Å². The monoisotopic (exact) mass is 430 g/mol. The molecule has 0 fully saturated rings. The van der Waals surface area contributed by atoms with Crippen LogP contribution >= 0.6 is 15.9 Å². The normalized spacial score (nSPS) is 11.3. The van der Waals surface area contributed by atoms with Crippen molar-refractivity contribution in [3.63, 3.8) is 0 Å². The Labute approximate surface area is 159 Å². The van der Waals surface area contributed by atoms with Crippen LogP contribution in [0.5, 0.6) is 0 Å². The lowest BCUT2D eigenvalue weighted by atomic mass is 9.96. The fourth-order valence-electron chi connectivity index (χ4n) is 2.58. The molecule has 3 aromatic rings. The highest BCUT2D eigenvalue weighted by Crippen LogP contribution is 2.29. The first-order valence-electron chi connectivity index (χ1n) is 7.58. The summed E-state index contributed by atoms with van der Waals surface area (Å²) in [6.07, 6.45) is 0. The number of primary sulfonamides is 1. The van der Waals surface area contributed by atoms with Crippen molar-refractivity contribution in [1.29, 1.82) is 0 Å². The fourth-order valence-corrected chi connectivity index (χ4v) is 3.36. The zero-order chi connectivity index (χ0) is 18.9. The summed E-state index contributed by atoms with van der Waals surface area (Å²) in [6.45, 7) is 0. The van der Waals surface area contributed by atoms with Gasteiger partial charge in [-0.15, -0.1) is 0 Å². The van der Waals surface area contributed by atoms with Crippen LogP contribution in [0.15, 0.2) is 76.1 Å². The summed E-state index contributed by atoms with van der Waals surface area (Å²) in [5, 5.41) is 5.13. The van der Waals surface area contributed by atoms with E-state index >= 15 is 0 Å². The Kier molecular flexibility index (Phi) is 4.95. The molecule has 0 radical (unpaired) electrons. The van der Waals surface area contributed by atoms with Gasteiger partial charge < -0.3 is 5.73 Å². The average Bonchev–Trinajstić information content (AvgIpc) is 2.61. The predicted molar refractivity (Wildman–Crippen MR) is 105 cm³/mol. The molecular formula is C19H15BrN2O3S. The highest BCUT2D eigenvalue weighted by Gasteiger charge is 2.11. The third-order valence-electron chi connectivity index (χ3n) is 3.91. The molecule has 0 aliphatic rings. The Hall–Kier alpha value is -2.48. The number of carbonyl (C=O) groups excluding carboxylic acids is 1. The first-order valence-corrected chi connectivity index (χ1v) is 9.92. The molecule has 4 N–H and O–H groups in total. The minimum Gasteiger partial charge on any atom is -0.366 e. The molecule has 0 saturated heterocycles. The van der Waals surface area contributed by atoms with Gasteiger partial charge in [0.05, 0.1) is 4.90 Å². The summed E-state index contributed by atoms with van der Waals surface area (Å²) in [4.78, 5) is 11.8. The number of benzene rings is 3. The van der Waals surface area contributed by atoms with Crippen molar-refractivity contribution in [3.8, 4) is 22.3 Å². The van der Waals surface area contributed by atoms with Crippen LogP contribution in [0.1, 0.15) is 10.4 Å². The van der Waals surface area contributed by atoms with Crippen LogP contribution in [0.3, 0.4) is 0 Å². The quantitative estimate of drug-likeness (QED) is 0.661. The van der Waals surface area contributed by atoms with Gasteiger partial charge in [0, 0.05) is 10.0 Å². The molecule has 3 rings (SSSR count). The van der Waals surface area contributed by atoms with E-state index in [2.05, 4.69) is 15.9 Å². The molecule has 0 spiro atoms. The van der Waals surface area contributed by atoms with Gasteiger partial charge in [-0.3, -0.25) is 4.79 Å². The number of carbonyl (C=O) groups is 1. The Bertz CT molecular complexity index is 1080. The summed E-state index contributed by atoms with van der Waals surface area (Å²) < 4.78 is 23.8. The van der Waals surface area contributed by atoms with Crippen molar-refractivity contribution < 1.29 is 13.2 Å². The second kappa shape index (κ2) is 7.03. The smallest absolute Gasteiger partial charge is 0.248 e. The summed E-state index contributed by atoms with van der Waals surface area (Å²) in [6, 6.07) is 19.2. The first kappa shape index (κ1) is 18.3. The van der Waals surface area contributed by atoms with E-state index in [1.165, 1.54) is 12.1 Å². The van der Waals surface area contributed by atoms with Crippen molar-refractivity contribution in [3.05, 3.63) is 76.8 Å². The van der Waals surface area contributed by atoms with Crippen molar-refractivity contribution in [2.75, 3.05) is 0 Å². The second-order valence-corrected chi connectivity index (χ2v) is 8.22. The molecule has 7 heteroatoms. The average molecular weight is 431 g/mol. The molecule has 5 nitrogen and oxygen atoms in total. The second-order valence-electron chi connectivity index (χ2n) is 5.74. The molecule has 1 amide bonds. The number of rotatable bonds is 4. The van der Waals surface area contributed by atoms with Gasteiger partial charge >= 0.3 is 0 Å². The van der Waals surface area contributed by atoms with Gasteiger partial charge in [0.15, 0.2) is 0 Å². The molecule has 0 aliphatic carbocycles. The van der Waals surface area contributed by atoms with E-state index in [0.717, 1.165) is 26.7 Å². The number of nitrogens with two attached hydrogens (primary N) is 2. The maximum atomic E-state index is 11.7. The molecule has 132 valence electrons. The van der Waals surface area contributed by atoms with Gasteiger partial charge in [0.1, 0.15) is 0 Å². The lowest BCUT2D eigenvalue weighted by Gasteiger charge is -2.10. The summed E-state index contributed by atoms with van der Waals surface area (Å²) in [7, 11) is -3.76. The molecule has 0 heterocycles. The van der Waals surface area contributed by atoms with Gasteiger partial charge in [-0.25, -0.2) is 13.6 Å². The van der Waals surface area contributed by atoms with E-state index in [9.17, 15) is 13.2 Å². The maximum Gasteiger partial charge on any atom is 0.248 e. The zero-order valence-electron chi connectivity index (χ0n) is 13.5. The molecule has 0 aromatic heterocycles. The highest BCUT2D eigenvalue weighted by molar-refractivity contribution is 9.10. The maximum absolute atomic E-state index is 11.7. The van der Waals surface area contributed by atoms with Crippen LogP contribution in [0.4, 0.5) is 0 Å². The van der Waals surface area contributed by atoms with E-state index in [0.29, 0.717) is 5.56 Å². The van der Waals surface area contributed by atoms with Crippen LogP contribution in [-0.4, -0.2) is 14.3 Å². The molecule has 0 unspecified atom stereocenters. The molecular weight excluding hydrogens is 416 g/mol. The number of halogens is 1. The lowest BCUT2D eigenvalue weighted by Crippen LogP contribution is -2.12. The summed E-state index contributed by atoms with van der Waals surface area (Å²) in [5.74, 6) is -0.536. The van der Waals surface area contributed by atoms with Gasteiger partial charge in [0.2, 0.25) is 15.9 Å². The minimum absolute atomic E-state index is 0.0282. The number of primary amides is 1. The Balaban J connectivity index is 2.12. The predicted octanol–water partition coefficient (Wildman–Crippen LogP) is 3.53. The Morgan fingerprint density at radius 3 is 1.65 bits per heavy atom. The third kappa shape index (κ3) is 4.01. The summed E-state index contributed by atoms with van der Waals surface area (Å²) in [5.41, 5.74) is 9.10. The summed E-state index contributed by atoms with van der Waals surface area (Å²) >= 11 is 3.40. The fraction of sp³-hybridized carbons (Fsp3) is 0. The van der Waals surface area contributed by atoms with Crippen molar-refractivity contribution in [2.45, 2.75) is 4.90 Å². The standard InChI is InChI=1S/C19H15BrN2O3S/c20-17-5-1-12(2-6-17)14-9-15(11-16(10-14)19(21)23)13-3-7-18(8-4-13)26(22,24)25/h1-11H,(H2,21,23)(H2,22,24,25). The van der Waals surface area contributed by atoms with E-state index in [4.69, 9.17) is 10.9 Å². The largest absolute Gasteiger partial charge is 0.366 e. The van der Waals surface area contributed by atoms with Crippen molar-refractivity contribution in [1.82, 2.24) is 0 Å². The van der Waals surface area contributed by atoms with Gasteiger partial charge in [-0.2, -0.15) is 0 Å². The van der Waals surface area contributed by atoms with Gasteiger partial charge in [-0.05, 0) is 64.7 Å². The van der Waals surface area contributed by atoms with Crippen molar-refractivity contribution in [2.24, 2.45) is 10.9 Å². The highest BCUT2D eigenvalue weighted by atomic mass is 79.9. The number of amides is 1. The SMILES string of the molecule is NC(=O)c1cc(-c2ccc(Br)cc2)cc(-c2ccc(S(N)(=O)=O)cc2)c1. The number of hydrogen-bond donors (Lipinski definition) is 2. The first-order chi connectivity index (χ1) is 12.2. The lowest BCUT2D eigenvalue weighted by molar-refractivity contribution is 0.100. The van der Waals surface area contributed by atoms with Gasteiger partial charge in [0.25, 0.3) is 0 Å². The number of hydrogen-bond acceptors (Lipinski definition) is 3. The van der Waals surface area contributed by atoms with Crippen LogP contribution < -0.4 is 10.9 Å². The molecule has 0 saturated carbocycles. The Morgan fingerprint density at radius 1 is 0.769 bits per heavy atom. The van der Waals surface area contributed by atoms with Crippen LogP contribution in [-0.2, 0) is 10.0 Å². The van der Waals surface area contributed by atoms with Crippen LogP contribution in [0.25, 0.3) is 22.3 Å². The molecule has 0 aliphatic heterocycles. The van der Waals surface area contributed by atoms with E-state index in [1.807, 2.05) is 30.3 Å². The molecule has 0 bridgehead atoms. The van der Waals surface area contributed by atoms with E-state index in [1.54, 1.807) is 24.3 Å². The molecule has 3 aromatic carbocycles.